The van der Waals surface area contributed by atoms with Crippen LogP contribution in [0.1, 0.15) is 24.3 Å². The van der Waals surface area contributed by atoms with Crippen molar-refractivity contribution in [1.29, 1.82) is 0 Å². The number of benzene rings is 2. The Labute approximate surface area is 201 Å². The van der Waals surface area contributed by atoms with Crippen molar-refractivity contribution in [3.8, 4) is 11.3 Å². The normalized spacial score (nSPS) is 17.2. The number of thiazole rings is 1. The second kappa shape index (κ2) is 8.94. The van der Waals surface area contributed by atoms with E-state index in [1.807, 2.05) is 29.6 Å². The van der Waals surface area contributed by atoms with Crippen LogP contribution in [0.5, 0.6) is 0 Å². The first-order valence-electron chi connectivity index (χ1n) is 11.0. The summed E-state index contributed by atoms with van der Waals surface area (Å²) in [6.07, 6.45) is 1.21. The predicted molar refractivity (Wildman–Crippen MR) is 131 cm³/mol. The van der Waals surface area contributed by atoms with Gasteiger partial charge in [-0.3, -0.25) is 4.79 Å². The van der Waals surface area contributed by atoms with Crippen LogP contribution in [0, 0.1) is 19.8 Å². The summed E-state index contributed by atoms with van der Waals surface area (Å²) < 4.78 is 32.7. The van der Waals surface area contributed by atoms with E-state index in [0.29, 0.717) is 30.2 Å². The molecule has 0 bridgehead atoms. The number of hydrogen-bond donors (Lipinski definition) is 1. The average molecular weight is 497 g/mol. The Morgan fingerprint density at radius 2 is 1.97 bits per heavy atom. The van der Waals surface area contributed by atoms with E-state index >= 15 is 0 Å². The Morgan fingerprint density at radius 1 is 1.18 bits per heavy atom. The van der Waals surface area contributed by atoms with Crippen molar-refractivity contribution in [2.75, 3.05) is 18.4 Å². The maximum atomic E-state index is 13.2. The Balaban J connectivity index is 1.32. The lowest BCUT2D eigenvalue weighted by atomic mass is 9.99. The molecule has 1 saturated heterocycles. The zero-order valence-electron chi connectivity index (χ0n) is 18.8. The van der Waals surface area contributed by atoms with Crippen LogP contribution in [0.15, 0.2) is 57.3 Å². The summed E-state index contributed by atoms with van der Waals surface area (Å²) in [5.41, 5.74) is 2.13. The van der Waals surface area contributed by atoms with E-state index in [4.69, 9.17) is 4.52 Å². The standard InChI is InChI=1S/C24H24N4O4S2/c1-15-22(16(2)32-27-15)34(30,31)28-12-6-9-18(13-28)23(29)26-24-25-21(14-33-24)20-11-5-8-17-7-3-4-10-19(17)20/h3-5,7-8,10-11,14,18H,6,9,12-13H2,1-2H3,(H,25,26,29)/t18-/m0/s1. The molecule has 0 radical (unpaired) electrons. The van der Waals surface area contributed by atoms with Crippen LogP contribution in [0.25, 0.3) is 22.0 Å². The van der Waals surface area contributed by atoms with E-state index in [2.05, 4.69) is 33.7 Å². The van der Waals surface area contributed by atoms with Gasteiger partial charge in [-0.2, -0.15) is 4.31 Å². The van der Waals surface area contributed by atoms with Gasteiger partial charge in [0.1, 0.15) is 10.6 Å². The minimum Gasteiger partial charge on any atom is -0.360 e. The number of aromatic nitrogens is 2. The predicted octanol–water partition coefficient (Wildman–Crippen LogP) is 4.61. The molecule has 0 spiro atoms. The third-order valence-electron chi connectivity index (χ3n) is 6.12. The lowest BCUT2D eigenvalue weighted by Gasteiger charge is -2.30. The Morgan fingerprint density at radius 3 is 2.76 bits per heavy atom. The number of nitrogens with one attached hydrogen (secondary N) is 1. The number of fused-ring (bicyclic) bond motifs is 1. The van der Waals surface area contributed by atoms with Crippen molar-refractivity contribution in [3.63, 3.8) is 0 Å². The molecule has 0 saturated carbocycles. The highest BCUT2D eigenvalue weighted by atomic mass is 32.2. The molecular weight excluding hydrogens is 472 g/mol. The van der Waals surface area contributed by atoms with Gasteiger partial charge < -0.3 is 9.84 Å². The van der Waals surface area contributed by atoms with E-state index in [1.54, 1.807) is 13.8 Å². The van der Waals surface area contributed by atoms with Crippen LogP contribution in [-0.2, 0) is 14.8 Å². The lowest BCUT2D eigenvalue weighted by molar-refractivity contribution is -0.120. The molecule has 1 aliphatic rings. The molecule has 2 aromatic carbocycles. The highest BCUT2D eigenvalue weighted by Crippen LogP contribution is 2.32. The number of anilines is 1. The summed E-state index contributed by atoms with van der Waals surface area (Å²) in [4.78, 5) is 17.7. The van der Waals surface area contributed by atoms with E-state index in [9.17, 15) is 13.2 Å². The number of carbonyl (C=O) groups excluding carboxylic acids is 1. The highest BCUT2D eigenvalue weighted by Gasteiger charge is 2.36. The molecule has 3 heterocycles. The van der Waals surface area contributed by atoms with Crippen molar-refractivity contribution < 1.29 is 17.7 Å². The van der Waals surface area contributed by atoms with Gasteiger partial charge in [-0.05, 0) is 37.5 Å². The van der Waals surface area contributed by atoms with Crippen LogP contribution in [0.3, 0.4) is 0 Å². The number of aryl methyl sites for hydroxylation is 2. The summed E-state index contributed by atoms with van der Waals surface area (Å²) in [7, 11) is -3.79. The second-order valence-electron chi connectivity index (χ2n) is 8.41. The molecule has 1 fully saturated rings. The number of sulfonamides is 1. The molecule has 8 nitrogen and oxygen atoms in total. The first-order valence-corrected chi connectivity index (χ1v) is 13.3. The summed E-state index contributed by atoms with van der Waals surface area (Å²) in [6, 6.07) is 14.2. The zero-order chi connectivity index (χ0) is 23.9. The van der Waals surface area contributed by atoms with Gasteiger partial charge in [0, 0.05) is 24.0 Å². The van der Waals surface area contributed by atoms with Crippen LogP contribution >= 0.6 is 11.3 Å². The van der Waals surface area contributed by atoms with Crippen LogP contribution in [-0.4, -0.2) is 41.9 Å². The Bertz CT molecular complexity index is 1450. The quantitative estimate of drug-likeness (QED) is 0.433. The van der Waals surface area contributed by atoms with Gasteiger partial charge >= 0.3 is 0 Å². The van der Waals surface area contributed by atoms with Crippen molar-refractivity contribution >= 4 is 43.2 Å². The van der Waals surface area contributed by atoms with E-state index < -0.39 is 15.9 Å². The topological polar surface area (TPSA) is 105 Å². The number of rotatable bonds is 5. The molecule has 0 aliphatic carbocycles. The smallest absolute Gasteiger partial charge is 0.248 e. The maximum Gasteiger partial charge on any atom is 0.248 e. The summed E-state index contributed by atoms with van der Waals surface area (Å²) in [5, 5.41) is 11.3. The molecule has 1 atom stereocenters. The molecule has 10 heteroatoms. The number of piperidine rings is 1. The van der Waals surface area contributed by atoms with Crippen molar-refractivity contribution in [3.05, 3.63) is 59.3 Å². The fourth-order valence-corrected chi connectivity index (χ4v) is 6.99. The van der Waals surface area contributed by atoms with Gasteiger partial charge in [0.25, 0.3) is 0 Å². The number of hydrogen-bond acceptors (Lipinski definition) is 7. The first kappa shape index (κ1) is 22.7. The van der Waals surface area contributed by atoms with Crippen molar-refractivity contribution in [2.24, 2.45) is 5.92 Å². The van der Waals surface area contributed by atoms with E-state index in [1.165, 1.54) is 15.6 Å². The van der Waals surface area contributed by atoms with Gasteiger partial charge in [-0.15, -0.1) is 11.3 Å². The van der Waals surface area contributed by atoms with Crippen molar-refractivity contribution in [2.45, 2.75) is 31.6 Å². The summed E-state index contributed by atoms with van der Waals surface area (Å²) in [5.74, 6) is -0.431. The summed E-state index contributed by atoms with van der Waals surface area (Å²) in [6.45, 7) is 3.66. The van der Waals surface area contributed by atoms with Gasteiger partial charge in [0.05, 0.1) is 11.6 Å². The molecule has 1 amide bonds. The van der Waals surface area contributed by atoms with Gasteiger partial charge in [0.2, 0.25) is 15.9 Å². The zero-order valence-corrected chi connectivity index (χ0v) is 20.4. The van der Waals surface area contributed by atoms with E-state index in [-0.39, 0.29) is 23.1 Å². The van der Waals surface area contributed by atoms with Gasteiger partial charge in [-0.25, -0.2) is 13.4 Å². The van der Waals surface area contributed by atoms with Gasteiger partial charge in [0.15, 0.2) is 10.9 Å². The number of nitrogens with zero attached hydrogens (tertiary/aromatic N) is 3. The summed E-state index contributed by atoms with van der Waals surface area (Å²) >= 11 is 1.36. The molecule has 1 aliphatic heterocycles. The Hall–Kier alpha value is -3.08. The molecule has 0 unspecified atom stereocenters. The Kier molecular flexibility index (Phi) is 5.97. The molecule has 5 rings (SSSR count). The minimum absolute atomic E-state index is 0.0909. The molecule has 4 aromatic rings. The number of amides is 1. The highest BCUT2D eigenvalue weighted by molar-refractivity contribution is 7.89. The number of carbonyl (C=O) groups is 1. The molecule has 34 heavy (non-hydrogen) atoms. The van der Waals surface area contributed by atoms with Crippen LogP contribution < -0.4 is 5.32 Å². The van der Waals surface area contributed by atoms with E-state index in [0.717, 1.165) is 22.0 Å². The largest absolute Gasteiger partial charge is 0.360 e. The average Bonchev–Trinajstić information content (AvgIpc) is 3.44. The molecular formula is C24H24N4O4S2. The molecule has 176 valence electrons. The lowest BCUT2D eigenvalue weighted by Crippen LogP contribution is -2.43. The third-order valence-corrected chi connectivity index (χ3v) is 8.99. The third kappa shape index (κ3) is 4.13. The van der Waals surface area contributed by atoms with Crippen LogP contribution in [0.2, 0.25) is 0 Å². The fraction of sp³-hybridized carbons (Fsp3) is 0.292. The van der Waals surface area contributed by atoms with Crippen molar-refractivity contribution in [1.82, 2.24) is 14.4 Å². The maximum absolute atomic E-state index is 13.2. The first-order chi connectivity index (χ1) is 16.3. The monoisotopic (exact) mass is 496 g/mol. The van der Waals surface area contributed by atoms with Gasteiger partial charge in [-0.1, -0.05) is 47.6 Å². The second-order valence-corrected chi connectivity index (χ2v) is 11.1. The fourth-order valence-electron chi connectivity index (χ4n) is 4.46. The molecule has 1 N–H and O–H groups in total. The SMILES string of the molecule is Cc1noc(C)c1S(=O)(=O)N1CCC[C@H](C(=O)Nc2nc(-c3cccc4ccccc34)cs2)C1. The minimum atomic E-state index is -3.79. The van der Waals surface area contributed by atoms with Crippen LogP contribution in [0.4, 0.5) is 5.13 Å². The molecule has 2 aromatic heterocycles.